The van der Waals surface area contributed by atoms with Crippen LogP contribution in [-0.2, 0) is 19.6 Å². The fourth-order valence-electron chi connectivity index (χ4n) is 2.51. The van der Waals surface area contributed by atoms with Crippen LogP contribution in [0.15, 0.2) is 29.2 Å². The first kappa shape index (κ1) is 22.1. The van der Waals surface area contributed by atoms with E-state index in [1.807, 2.05) is 13.8 Å². The summed E-state index contributed by atoms with van der Waals surface area (Å²) >= 11 is 0. The third-order valence-electron chi connectivity index (χ3n) is 3.90. The maximum Gasteiger partial charge on any atom is 0.338 e. The van der Waals surface area contributed by atoms with Crippen molar-refractivity contribution in [3.05, 3.63) is 29.8 Å². The van der Waals surface area contributed by atoms with Gasteiger partial charge in [-0.25, -0.2) is 13.2 Å². The van der Waals surface area contributed by atoms with Gasteiger partial charge in [-0.2, -0.15) is 4.31 Å². The number of carbonyl (C=O) groups excluding carboxylic acids is 2. The van der Waals surface area contributed by atoms with Crippen molar-refractivity contribution in [3.63, 3.8) is 0 Å². The molecular weight excluding hydrogens is 356 g/mol. The Labute approximate surface area is 155 Å². The van der Waals surface area contributed by atoms with Crippen molar-refractivity contribution in [1.29, 1.82) is 0 Å². The molecule has 1 aromatic carbocycles. The van der Waals surface area contributed by atoms with E-state index >= 15 is 0 Å². The van der Waals surface area contributed by atoms with E-state index in [0.717, 1.165) is 12.8 Å². The summed E-state index contributed by atoms with van der Waals surface area (Å²) in [6.45, 7) is 7.80. The van der Waals surface area contributed by atoms with Crippen LogP contribution in [0.2, 0.25) is 0 Å². The lowest BCUT2D eigenvalue weighted by Crippen LogP contribution is -2.35. The summed E-state index contributed by atoms with van der Waals surface area (Å²) in [4.78, 5) is 23.8. The molecule has 0 bridgehead atoms. The van der Waals surface area contributed by atoms with E-state index in [1.54, 1.807) is 13.8 Å². The highest BCUT2D eigenvalue weighted by Gasteiger charge is 2.22. The third-order valence-corrected chi connectivity index (χ3v) is 5.96. The van der Waals surface area contributed by atoms with E-state index in [-0.39, 0.29) is 29.0 Å². The van der Waals surface area contributed by atoms with Crippen LogP contribution in [0, 0.1) is 0 Å². The van der Waals surface area contributed by atoms with Crippen LogP contribution in [0.25, 0.3) is 0 Å². The molecule has 0 radical (unpaired) electrons. The van der Waals surface area contributed by atoms with Crippen molar-refractivity contribution < 1.29 is 22.7 Å². The maximum absolute atomic E-state index is 12.4. The van der Waals surface area contributed by atoms with Crippen molar-refractivity contribution in [2.45, 2.75) is 51.5 Å². The molecule has 0 spiro atoms. The highest BCUT2D eigenvalue weighted by molar-refractivity contribution is 7.89. The van der Waals surface area contributed by atoms with Gasteiger partial charge in [0.2, 0.25) is 10.0 Å². The molecule has 0 aliphatic carbocycles. The van der Waals surface area contributed by atoms with Crippen molar-refractivity contribution in [2.75, 3.05) is 19.7 Å². The molecule has 7 nitrogen and oxygen atoms in total. The minimum absolute atomic E-state index is 0.0239. The largest absolute Gasteiger partial charge is 0.452 e. The normalized spacial score (nSPS) is 12.7. The van der Waals surface area contributed by atoms with Gasteiger partial charge < -0.3 is 10.1 Å². The standard InChI is InChI=1S/C18H28N2O5S/c1-5-8-14(4)19-17(21)13-25-18(22)15-9-11-16(12-10-15)26(23,24)20(6-2)7-3/h9-12,14H,5-8,13H2,1-4H3,(H,19,21). The predicted octanol–water partition coefficient (Wildman–Crippen LogP) is 2.18. The molecule has 26 heavy (non-hydrogen) atoms. The average molecular weight is 384 g/mol. The molecule has 0 aromatic heterocycles. The van der Waals surface area contributed by atoms with E-state index in [2.05, 4.69) is 5.32 Å². The maximum atomic E-state index is 12.4. The van der Waals surface area contributed by atoms with Crippen LogP contribution in [0.3, 0.4) is 0 Å². The first-order valence-electron chi connectivity index (χ1n) is 8.82. The van der Waals surface area contributed by atoms with E-state index in [0.29, 0.717) is 13.1 Å². The van der Waals surface area contributed by atoms with Crippen LogP contribution in [0.4, 0.5) is 0 Å². The lowest BCUT2D eigenvalue weighted by Gasteiger charge is -2.18. The van der Waals surface area contributed by atoms with Crippen LogP contribution in [0.5, 0.6) is 0 Å². The summed E-state index contributed by atoms with van der Waals surface area (Å²) in [6.07, 6.45) is 1.80. The first-order chi connectivity index (χ1) is 12.3. The summed E-state index contributed by atoms with van der Waals surface area (Å²) in [5.41, 5.74) is 0.193. The molecule has 0 heterocycles. The third kappa shape index (κ3) is 6.10. The van der Waals surface area contributed by atoms with Crippen LogP contribution in [0.1, 0.15) is 50.9 Å². The summed E-state index contributed by atoms with van der Waals surface area (Å²) < 4.78 is 31.1. The number of carbonyl (C=O) groups is 2. The molecule has 0 aliphatic rings. The summed E-state index contributed by atoms with van der Waals surface area (Å²) in [5.74, 6) is -1.03. The SMILES string of the molecule is CCCC(C)NC(=O)COC(=O)c1ccc(S(=O)(=O)N(CC)CC)cc1. The Morgan fingerprint density at radius 3 is 2.19 bits per heavy atom. The predicted molar refractivity (Wildman–Crippen MR) is 99.3 cm³/mol. The minimum Gasteiger partial charge on any atom is -0.452 e. The highest BCUT2D eigenvalue weighted by atomic mass is 32.2. The number of amides is 1. The second-order valence-electron chi connectivity index (χ2n) is 5.95. The number of nitrogens with zero attached hydrogens (tertiary/aromatic N) is 1. The van der Waals surface area contributed by atoms with Gasteiger partial charge in [-0.3, -0.25) is 4.79 Å². The lowest BCUT2D eigenvalue weighted by molar-refractivity contribution is -0.124. The van der Waals surface area contributed by atoms with Gasteiger partial charge in [0.25, 0.3) is 5.91 Å². The molecule has 1 aromatic rings. The monoisotopic (exact) mass is 384 g/mol. The van der Waals surface area contributed by atoms with Crippen LogP contribution < -0.4 is 5.32 Å². The van der Waals surface area contributed by atoms with Crippen molar-refractivity contribution in [2.24, 2.45) is 0 Å². The number of nitrogens with one attached hydrogen (secondary N) is 1. The molecule has 8 heteroatoms. The topological polar surface area (TPSA) is 92.8 Å². The van der Waals surface area contributed by atoms with Gasteiger partial charge in [-0.1, -0.05) is 27.2 Å². The van der Waals surface area contributed by atoms with Gasteiger partial charge in [-0.05, 0) is 37.6 Å². The molecule has 0 saturated heterocycles. The molecule has 1 amide bonds. The molecule has 0 fully saturated rings. The van der Waals surface area contributed by atoms with Crippen LogP contribution in [-0.4, -0.2) is 50.3 Å². The van der Waals surface area contributed by atoms with E-state index in [1.165, 1.54) is 28.6 Å². The second-order valence-corrected chi connectivity index (χ2v) is 7.89. The molecule has 1 unspecified atom stereocenters. The minimum atomic E-state index is -3.57. The number of rotatable bonds is 10. The van der Waals surface area contributed by atoms with Crippen molar-refractivity contribution in [3.8, 4) is 0 Å². The zero-order valence-corrected chi connectivity index (χ0v) is 16.6. The summed E-state index contributed by atoms with van der Waals surface area (Å²) in [7, 11) is -3.57. The Balaban J connectivity index is 2.68. The molecule has 146 valence electrons. The molecule has 0 aliphatic heterocycles. The Hall–Kier alpha value is -1.93. The summed E-state index contributed by atoms with van der Waals surface area (Å²) in [6, 6.07) is 5.53. The fourth-order valence-corrected chi connectivity index (χ4v) is 3.97. The zero-order valence-electron chi connectivity index (χ0n) is 15.8. The molecule has 1 N–H and O–H groups in total. The molecule has 1 rings (SSSR count). The number of esters is 1. The molecular formula is C18H28N2O5S. The second kappa shape index (κ2) is 10.3. The Morgan fingerprint density at radius 1 is 1.12 bits per heavy atom. The quantitative estimate of drug-likeness (QED) is 0.624. The van der Waals surface area contributed by atoms with Gasteiger partial charge in [0, 0.05) is 19.1 Å². The Morgan fingerprint density at radius 2 is 1.69 bits per heavy atom. The van der Waals surface area contributed by atoms with Gasteiger partial charge >= 0.3 is 5.97 Å². The Bertz CT molecular complexity index is 697. The lowest BCUT2D eigenvalue weighted by atomic mass is 10.2. The zero-order chi connectivity index (χ0) is 19.7. The highest BCUT2D eigenvalue weighted by Crippen LogP contribution is 2.16. The smallest absolute Gasteiger partial charge is 0.338 e. The number of sulfonamides is 1. The molecule has 1 atom stereocenters. The van der Waals surface area contributed by atoms with Crippen LogP contribution >= 0.6 is 0 Å². The fraction of sp³-hybridized carbons (Fsp3) is 0.556. The van der Waals surface area contributed by atoms with Gasteiger partial charge in [-0.15, -0.1) is 0 Å². The van der Waals surface area contributed by atoms with Crippen molar-refractivity contribution >= 4 is 21.9 Å². The van der Waals surface area contributed by atoms with E-state index < -0.39 is 16.0 Å². The van der Waals surface area contributed by atoms with Gasteiger partial charge in [0.1, 0.15) is 0 Å². The van der Waals surface area contributed by atoms with Gasteiger partial charge in [0.05, 0.1) is 10.5 Å². The Kier molecular flexibility index (Phi) is 8.74. The average Bonchev–Trinajstić information content (AvgIpc) is 2.60. The molecule has 0 saturated carbocycles. The number of ether oxygens (including phenoxy) is 1. The van der Waals surface area contributed by atoms with Gasteiger partial charge in [0.15, 0.2) is 6.61 Å². The number of hydrogen-bond acceptors (Lipinski definition) is 5. The summed E-state index contributed by atoms with van der Waals surface area (Å²) in [5, 5.41) is 2.74. The van der Waals surface area contributed by atoms with E-state index in [4.69, 9.17) is 4.74 Å². The first-order valence-corrected chi connectivity index (χ1v) is 10.3. The number of hydrogen-bond donors (Lipinski definition) is 1. The number of benzene rings is 1. The van der Waals surface area contributed by atoms with Crippen molar-refractivity contribution in [1.82, 2.24) is 9.62 Å². The van der Waals surface area contributed by atoms with E-state index in [9.17, 15) is 18.0 Å².